The Labute approximate surface area is 140 Å². The van der Waals surface area contributed by atoms with Gasteiger partial charge < -0.3 is 15.8 Å². The van der Waals surface area contributed by atoms with Crippen LogP contribution in [0.2, 0.25) is 0 Å². The summed E-state index contributed by atoms with van der Waals surface area (Å²) in [5.74, 6) is -0.589. The van der Waals surface area contributed by atoms with E-state index < -0.39 is 11.9 Å². The summed E-state index contributed by atoms with van der Waals surface area (Å²) in [5.41, 5.74) is 7.28. The summed E-state index contributed by atoms with van der Waals surface area (Å²) in [4.78, 5) is 12.2. The first kappa shape index (κ1) is 16.5. The van der Waals surface area contributed by atoms with E-state index in [-0.39, 0.29) is 17.8 Å². The van der Waals surface area contributed by atoms with E-state index >= 15 is 0 Å². The molecule has 0 aliphatic heterocycles. The smallest absolute Gasteiger partial charge is 0.241 e. The minimum absolute atomic E-state index is 0.110. The Hall–Kier alpha value is -2.40. The molecule has 0 unspecified atom stereocenters. The lowest BCUT2D eigenvalue weighted by molar-refractivity contribution is -0.117. The summed E-state index contributed by atoms with van der Waals surface area (Å²) >= 11 is 0. The third-order valence-corrected chi connectivity index (χ3v) is 4.18. The highest BCUT2D eigenvalue weighted by Crippen LogP contribution is 2.28. The fourth-order valence-electron chi connectivity index (χ4n) is 2.54. The number of rotatable bonds is 6. The molecular formula is C19H21FN2O2. The molecule has 5 heteroatoms. The number of carbonyl (C=O) groups excluding carboxylic acids is 1. The number of halogens is 1. The van der Waals surface area contributed by atoms with Crippen molar-refractivity contribution in [2.24, 2.45) is 5.73 Å². The zero-order chi connectivity index (χ0) is 16.9. The van der Waals surface area contributed by atoms with Gasteiger partial charge in [-0.3, -0.25) is 4.79 Å². The van der Waals surface area contributed by atoms with Gasteiger partial charge in [0, 0.05) is 11.8 Å². The number of hydrogen-bond donors (Lipinski definition) is 2. The van der Waals surface area contributed by atoms with E-state index in [1.54, 1.807) is 12.1 Å². The number of hydrogen-bond acceptors (Lipinski definition) is 3. The van der Waals surface area contributed by atoms with E-state index in [0.29, 0.717) is 12.1 Å². The van der Waals surface area contributed by atoms with Gasteiger partial charge in [0.15, 0.2) is 11.6 Å². The summed E-state index contributed by atoms with van der Waals surface area (Å²) in [6, 6.07) is 13.3. The van der Waals surface area contributed by atoms with Gasteiger partial charge in [-0.1, -0.05) is 30.3 Å². The third-order valence-electron chi connectivity index (χ3n) is 4.18. The van der Waals surface area contributed by atoms with Crippen LogP contribution in [-0.2, 0) is 11.2 Å². The molecule has 4 nitrogen and oxygen atoms in total. The molecule has 2 aromatic rings. The molecule has 1 fully saturated rings. The molecule has 0 aromatic heterocycles. The molecule has 2 aromatic carbocycles. The number of ether oxygens (including phenoxy) is 1. The Balaban J connectivity index is 1.58. The number of nitrogens with two attached hydrogens (primary N) is 1. The Morgan fingerprint density at radius 3 is 2.62 bits per heavy atom. The highest BCUT2D eigenvalue weighted by Gasteiger charge is 2.21. The van der Waals surface area contributed by atoms with Crippen LogP contribution in [0.25, 0.3) is 0 Å². The van der Waals surface area contributed by atoms with E-state index in [0.717, 1.165) is 24.8 Å². The zero-order valence-corrected chi connectivity index (χ0v) is 13.4. The summed E-state index contributed by atoms with van der Waals surface area (Å²) in [7, 11) is 0. The molecule has 3 rings (SSSR count). The Kier molecular flexibility index (Phi) is 5.11. The van der Waals surface area contributed by atoms with Gasteiger partial charge in [-0.2, -0.15) is 0 Å². The first-order valence-corrected chi connectivity index (χ1v) is 8.18. The van der Waals surface area contributed by atoms with Crippen LogP contribution < -0.4 is 15.8 Å². The molecule has 1 amide bonds. The molecule has 0 heterocycles. The average molecular weight is 328 g/mol. The molecule has 1 saturated carbocycles. The standard InChI is InChI=1S/C19H21FN2O2/c20-16-12-14(9-10-18(16)24-15-7-4-8-15)22-19(23)17(21)11-13-5-2-1-3-6-13/h1-3,5-6,9-10,12,15,17H,4,7-8,11,21H2,(H,22,23)/t17-/m0/s1. The topological polar surface area (TPSA) is 64.4 Å². The highest BCUT2D eigenvalue weighted by molar-refractivity contribution is 5.94. The van der Waals surface area contributed by atoms with Crippen LogP contribution in [0, 0.1) is 5.82 Å². The van der Waals surface area contributed by atoms with Crippen molar-refractivity contribution in [1.82, 2.24) is 0 Å². The van der Waals surface area contributed by atoms with Crippen LogP contribution in [0.1, 0.15) is 24.8 Å². The van der Waals surface area contributed by atoms with Crippen LogP contribution in [-0.4, -0.2) is 18.1 Å². The van der Waals surface area contributed by atoms with Gasteiger partial charge in [-0.25, -0.2) is 4.39 Å². The monoisotopic (exact) mass is 328 g/mol. The van der Waals surface area contributed by atoms with E-state index in [1.807, 2.05) is 30.3 Å². The maximum atomic E-state index is 14.1. The number of amides is 1. The number of carbonyl (C=O) groups is 1. The van der Waals surface area contributed by atoms with Gasteiger partial charge in [0.25, 0.3) is 0 Å². The van der Waals surface area contributed by atoms with Gasteiger partial charge in [-0.15, -0.1) is 0 Å². The van der Waals surface area contributed by atoms with E-state index in [1.165, 1.54) is 6.07 Å². The molecule has 1 atom stereocenters. The van der Waals surface area contributed by atoms with E-state index in [2.05, 4.69) is 5.32 Å². The van der Waals surface area contributed by atoms with Crippen molar-refractivity contribution in [2.45, 2.75) is 37.8 Å². The molecule has 0 saturated heterocycles. The second kappa shape index (κ2) is 7.45. The normalized spacial score (nSPS) is 15.4. The molecule has 24 heavy (non-hydrogen) atoms. The van der Waals surface area contributed by atoms with E-state index in [4.69, 9.17) is 10.5 Å². The largest absolute Gasteiger partial charge is 0.487 e. The van der Waals surface area contributed by atoms with Gasteiger partial charge in [0.2, 0.25) is 5.91 Å². The molecule has 3 N–H and O–H groups in total. The van der Waals surface area contributed by atoms with Crippen molar-refractivity contribution < 1.29 is 13.9 Å². The Morgan fingerprint density at radius 2 is 2.00 bits per heavy atom. The fraction of sp³-hybridized carbons (Fsp3) is 0.316. The zero-order valence-electron chi connectivity index (χ0n) is 13.4. The third kappa shape index (κ3) is 4.11. The predicted octanol–water partition coefficient (Wildman–Crippen LogP) is 3.27. The van der Waals surface area contributed by atoms with Crippen LogP contribution in [0.4, 0.5) is 10.1 Å². The minimum atomic E-state index is -0.693. The summed E-state index contributed by atoms with van der Waals surface area (Å²) in [6.07, 6.45) is 3.59. The molecule has 1 aliphatic rings. The van der Waals surface area contributed by atoms with Gasteiger partial charge in [0.1, 0.15) is 0 Å². The first-order valence-electron chi connectivity index (χ1n) is 8.18. The first-order chi connectivity index (χ1) is 11.6. The van der Waals surface area contributed by atoms with Crippen molar-refractivity contribution in [2.75, 3.05) is 5.32 Å². The SMILES string of the molecule is N[C@@H](Cc1ccccc1)C(=O)Nc1ccc(OC2CCC2)c(F)c1. The molecule has 126 valence electrons. The maximum absolute atomic E-state index is 14.1. The summed E-state index contributed by atoms with van der Waals surface area (Å²) in [5, 5.41) is 2.65. The maximum Gasteiger partial charge on any atom is 0.241 e. The lowest BCUT2D eigenvalue weighted by atomic mass is 9.96. The summed E-state index contributed by atoms with van der Waals surface area (Å²) < 4.78 is 19.6. The van der Waals surface area contributed by atoms with Crippen LogP contribution in [0.5, 0.6) is 5.75 Å². The van der Waals surface area contributed by atoms with Crippen molar-refractivity contribution in [1.29, 1.82) is 0 Å². The van der Waals surface area contributed by atoms with Gasteiger partial charge in [-0.05, 0) is 43.4 Å². The number of anilines is 1. The van der Waals surface area contributed by atoms with Crippen LogP contribution in [0.3, 0.4) is 0 Å². The highest BCUT2D eigenvalue weighted by atomic mass is 19.1. The number of benzene rings is 2. The lowest BCUT2D eigenvalue weighted by Crippen LogP contribution is -2.37. The van der Waals surface area contributed by atoms with Crippen molar-refractivity contribution in [3.05, 3.63) is 59.9 Å². The molecule has 0 bridgehead atoms. The molecule has 1 aliphatic carbocycles. The fourth-order valence-corrected chi connectivity index (χ4v) is 2.54. The van der Waals surface area contributed by atoms with Gasteiger partial charge >= 0.3 is 0 Å². The van der Waals surface area contributed by atoms with Crippen molar-refractivity contribution in [3.63, 3.8) is 0 Å². The van der Waals surface area contributed by atoms with Crippen LogP contribution >= 0.6 is 0 Å². The lowest BCUT2D eigenvalue weighted by Gasteiger charge is -2.26. The minimum Gasteiger partial charge on any atom is -0.487 e. The second-order valence-electron chi connectivity index (χ2n) is 6.10. The van der Waals surface area contributed by atoms with E-state index in [9.17, 15) is 9.18 Å². The Bertz CT molecular complexity index is 702. The predicted molar refractivity (Wildman–Crippen MR) is 91.4 cm³/mol. The molecule has 0 spiro atoms. The van der Waals surface area contributed by atoms with Crippen molar-refractivity contribution in [3.8, 4) is 5.75 Å². The van der Waals surface area contributed by atoms with Gasteiger partial charge in [0.05, 0.1) is 12.1 Å². The summed E-state index contributed by atoms with van der Waals surface area (Å²) in [6.45, 7) is 0. The quantitative estimate of drug-likeness (QED) is 0.855. The number of nitrogens with one attached hydrogen (secondary N) is 1. The second-order valence-corrected chi connectivity index (χ2v) is 6.10. The molecular weight excluding hydrogens is 307 g/mol. The van der Waals surface area contributed by atoms with Crippen LogP contribution in [0.15, 0.2) is 48.5 Å². The Morgan fingerprint density at radius 1 is 1.25 bits per heavy atom. The average Bonchev–Trinajstić information content (AvgIpc) is 2.53. The molecule has 0 radical (unpaired) electrons. The van der Waals surface area contributed by atoms with Crippen molar-refractivity contribution >= 4 is 11.6 Å².